The van der Waals surface area contributed by atoms with E-state index in [2.05, 4.69) is 65.6 Å². The number of carbonyl (C=O) groups excluding carboxylic acids is 2. The van der Waals surface area contributed by atoms with E-state index in [-0.39, 0.29) is 5.92 Å². The van der Waals surface area contributed by atoms with Gasteiger partial charge in [0.1, 0.15) is 12.6 Å². The van der Waals surface area contributed by atoms with Crippen LogP contribution in [-0.2, 0) is 17.9 Å². The molecule has 2 heterocycles. The first kappa shape index (κ1) is 42.8. The summed E-state index contributed by atoms with van der Waals surface area (Å²) in [5.41, 5.74) is 10.8. The van der Waals surface area contributed by atoms with Crippen LogP contribution in [-0.4, -0.2) is 64.8 Å². The Labute approximate surface area is 234 Å². The van der Waals surface area contributed by atoms with Crippen molar-refractivity contribution < 1.29 is 18.0 Å². The van der Waals surface area contributed by atoms with Gasteiger partial charge >= 0.3 is 8.26 Å². The van der Waals surface area contributed by atoms with Crippen molar-refractivity contribution in [3.8, 4) is 0 Å². The molecule has 218 valence electrons. The number of nitrogens with two attached hydrogens (primary N) is 2. The van der Waals surface area contributed by atoms with Gasteiger partial charge in [0.15, 0.2) is 0 Å². The van der Waals surface area contributed by atoms with Crippen LogP contribution >= 0.6 is 33.0 Å². The lowest BCUT2D eigenvalue weighted by Gasteiger charge is -2.29. The zero-order valence-corrected chi connectivity index (χ0v) is 26.5. The molecule has 1 saturated heterocycles. The summed E-state index contributed by atoms with van der Waals surface area (Å²) in [7, 11) is 4.81. The average Bonchev–Trinajstić information content (AvgIpc) is 2.73. The van der Waals surface area contributed by atoms with Gasteiger partial charge in [-0.3, -0.25) is 4.99 Å². The molecule has 0 amide bonds. The number of carbonyl (C=O) groups is 2. The Morgan fingerprint density at radius 1 is 1.06 bits per heavy atom. The van der Waals surface area contributed by atoms with Gasteiger partial charge in [-0.1, -0.05) is 41.5 Å². The second-order valence-corrected chi connectivity index (χ2v) is 15.2. The highest BCUT2D eigenvalue weighted by molar-refractivity contribution is 8.31. The van der Waals surface area contributed by atoms with Crippen molar-refractivity contribution in [2.24, 2.45) is 33.2 Å². The van der Waals surface area contributed by atoms with Gasteiger partial charge in [-0.25, -0.2) is 0 Å². The second kappa shape index (κ2) is 23.8. The van der Waals surface area contributed by atoms with E-state index in [4.69, 9.17) is 31.5 Å². The van der Waals surface area contributed by atoms with Crippen molar-refractivity contribution in [3.63, 3.8) is 0 Å². The molecular weight excluding hydrogens is 547 g/mol. The standard InChI is InChI=1S/C7H15N.C7H13N.C4H7ClO.C4H8O.C2H8N2.Cl2O2S/c2*1-7(2)4-3-5-8-6-7;1-4(2,5)3-6;1-4(2)3-5;3-1-2-4;1-5(2,3)4/h8H,3-6H2,1-2H3;6H,3-5H2,1-2H3;3H,1-2H3;3-4H,1-2H3;1-4H2;. The van der Waals surface area contributed by atoms with E-state index in [0.717, 1.165) is 12.8 Å². The maximum atomic E-state index is 9.69. The molecule has 0 atom stereocenters. The molecular formula is C24H51Cl3N4O4S. The Kier molecular flexibility index (Phi) is 28.3. The molecule has 8 nitrogen and oxygen atoms in total. The molecule has 0 spiro atoms. The number of halogens is 3. The minimum absolute atomic E-state index is 0.204. The lowest BCUT2D eigenvalue weighted by molar-refractivity contribution is -0.110. The van der Waals surface area contributed by atoms with E-state index < -0.39 is 13.1 Å². The zero-order valence-electron chi connectivity index (χ0n) is 23.5. The van der Waals surface area contributed by atoms with Crippen LogP contribution in [0.15, 0.2) is 4.99 Å². The van der Waals surface area contributed by atoms with Gasteiger partial charge in [-0.2, -0.15) is 8.42 Å². The van der Waals surface area contributed by atoms with E-state index in [9.17, 15) is 9.59 Å². The van der Waals surface area contributed by atoms with Gasteiger partial charge in [0.05, 0.1) is 4.87 Å². The number of aliphatic imine (C=N–C) groups is 1. The summed E-state index contributed by atoms with van der Waals surface area (Å²) in [6, 6.07) is 0. The fraction of sp³-hybridized carbons (Fsp3) is 0.875. The molecule has 0 aliphatic carbocycles. The predicted octanol–water partition coefficient (Wildman–Crippen LogP) is 4.93. The number of piperidine rings is 1. The molecule has 0 unspecified atom stereocenters. The van der Waals surface area contributed by atoms with Crippen molar-refractivity contribution in [2.75, 3.05) is 32.7 Å². The molecule has 0 saturated carbocycles. The van der Waals surface area contributed by atoms with Gasteiger partial charge in [-0.05, 0) is 56.9 Å². The molecule has 0 aromatic rings. The average molecular weight is 598 g/mol. The SMILES string of the molecule is CC(C)(Cl)C=O.CC(C)C=O.CC1(C)C=NCCC1.CC1(C)CCCNC1.NCCN.O=S(=O)(Cl)Cl. The summed E-state index contributed by atoms with van der Waals surface area (Å²) in [6.45, 7) is 20.8. The summed E-state index contributed by atoms with van der Waals surface area (Å²) < 4.78 is 18.3. The molecule has 0 radical (unpaired) electrons. The van der Waals surface area contributed by atoms with Crippen molar-refractivity contribution in [1.29, 1.82) is 0 Å². The fourth-order valence-corrected chi connectivity index (χ4v) is 2.21. The molecule has 0 aromatic carbocycles. The normalized spacial score (nSPS) is 17.4. The monoisotopic (exact) mass is 596 g/mol. The van der Waals surface area contributed by atoms with Gasteiger partial charge in [-0.15, -0.1) is 11.6 Å². The summed E-state index contributed by atoms with van der Waals surface area (Å²) in [4.78, 5) is 22.7. The maximum Gasteiger partial charge on any atom is 0.317 e. The van der Waals surface area contributed by atoms with Crippen LogP contribution in [0.5, 0.6) is 0 Å². The van der Waals surface area contributed by atoms with Crippen LogP contribution in [0.25, 0.3) is 0 Å². The van der Waals surface area contributed by atoms with Crippen molar-refractivity contribution in [3.05, 3.63) is 0 Å². The Bertz CT molecular complexity index is 649. The predicted molar refractivity (Wildman–Crippen MR) is 158 cm³/mol. The quantitative estimate of drug-likeness (QED) is 0.238. The van der Waals surface area contributed by atoms with Crippen LogP contribution in [0.4, 0.5) is 0 Å². The van der Waals surface area contributed by atoms with Crippen LogP contribution in [0.1, 0.15) is 81.1 Å². The van der Waals surface area contributed by atoms with Crippen molar-refractivity contribution in [1.82, 2.24) is 5.32 Å². The number of hydrogen-bond donors (Lipinski definition) is 3. The van der Waals surface area contributed by atoms with E-state index in [1.54, 1.807) is 13.8 Å². The summed E-state index contributed by atoms with van der Waals surface area (Å²) in [5, 5.41) is 3.38. The summed E-state index contributed by atoms with van der Waals surface area (Å²) >= 11 is 5.35. The highest BCUT2D eigenvalue weighted by Gasteiger charge is 2.19. The zero-order chi connectivity index (χ0) is 29.5. The molecule has 2 aliphatic rings. The van der Waals surface area contributed by atoms with E-state index in [1.807, 2.05) is 13.8 Å². The van der Waals surface area contributed by atoms with Crippen LogP contribution in [0.2, 0.25) is 0 Å². The highest BCUT2D eigenvalue weighted by atomic mass is 36.0. The van der Waals surface area contributed by atoms with Crippen LogP contribution in [0.3, 0.4) is 0 Å². The third kappa shape index (κ3) is 54.6. The lowest BCUT2D eigenvalue weighted by atomic mass is 9.85. The largest absolute Gasteiger partial charge is 0.329 e. The molecule has 2 aliphatic heterocycles. The Balaban J connectivity index is -0.000000174. The lowest BCUT2D eigenvalue weighted by Crippen LogP contribution is -2.35. The molecule has 1 fully saturated rings. The molecule has 2 rings (SSSR count). The van der Waals surface area contributed by atoms with Gasteiger partial charge in [0.25, 0.3) is 0 Å². The Morgan fingerprint density at radius 3 is 1.58 bits per heavy atom. The van der Waals surface area contributed by atoms with Gasteiger partial charge in [0.2, 0.25) is 0 Å². The molecule has 0 bridgehead atoms. The Hall–Kier alpha value is -0.290. The van der Waals surface area contributed by atoms with E-state index in [1.165, 1.54) is 38.8 Å². The van der Waals surface area contributed by atoms with E-state index in [0.29, 0.717) is 30.2 Å². The summed E-state index contributed by atoms with van der Waals surface area (Å²) in [5.74, 6) is 0.204. The van der Waals surface area contributed by atoms with Crippen molar-refractivity contribution >= 4 is 60.0 Å². The first-order valence-electron chi connectivity index (χ1n) is 12.0. The van der Waals surface area contributed by atoms with Gasteiger partial charge < -0.3 is 26.4 Å². The third-order valence-corrected chi connectivity index (χ3v) is 4.17. The number of aldehydes is 2. The Morgan fingerprint density at radius 2 is 1.47 bits per heavy atom. The first-order valence-corrected chi connectivity index (χ1v) is 15.5. The van der Waals surface area contributed by atoms with Crippen LogP contribution < -0.4 is 16.8 Å². The highest BCUT2D eigenvalue weighted by Crippen LogP contribution is 2.23. The minimum Gasteiger partial charge on any atom is -0.329 e. The third-order valence-electron chi connectivity index (χ3n) is 4.08. The molecule has 12 heteroatoms. The molecule has 0 aromatic heterocycles. The van der Waals surface area contributed by atoms with Gasteiger partial charge in [0, 0.05) is 59.7 Å². The number of hydrogen-bond acceptors (Lipinski definition) is 8. The minimum atomic E-state index is -3.72. The van der Waals surface area contributed by atoms with Crippen LogP contribution in [0, 0.1) is 16.7 Å². The topological polar surface area (TPSA) is 145 Å². The summed E-state index contributed by atoms with van der Waals surface area (Å²) in [6.07, 6.45) is 9.01. The smallest absolute Gasteiger partial charge is 0.317 e. The molecule has 5 N–H and O–H groups in total. The molecule has 36 heavy (non-hydrogen) atoms. The van der Waals surface area contributed by atoms with Crippen molar-refractivity contribution in [2.45, 2.75) is 85.9 Å². The number of rotatable bonds is 3. The van der Waals surface area contributed by atoms with E-state index >= 15 is 0 Å². The number of nitrogens with zero attached hydrogens (tertiary/aromatic N) is 1. The second-order valence-electron chi connectivity index (χ2n) is 10.6. The maximum absolute atomic E-state index is 9.69. The first-order chi connectivity index (χ1) is 16.2. The number of nitrogens with one attached hydrogen (secondary N) is 1. The number of alkyl halides is 1. The fourth-order valence-electron chi connectivity index (χ4n) is 2.21.